The zero-order valence-electron chi connectivity index (χ0n) is 15.9. The SMILES string of the molecule is COCCN(Cc1ccco1)C(=O)c1cnn(-c2cccc(C(F)(F)F)c2)c1C. The van der Waals surface area contributed by atoms with Crippen LogP contribution in [0.25, 0.3) is 5.69 Å². The summed E-state index contributed by atoms with van der Waals surface area (Å²) in [5, 5.41) is 4.14. The average Bonchev–Trinajstić information content (AvgIpc) is 3.33. The van der Waals surface area contributed by atoms with Crippen molar-refractivity contribution < 1.29 is 27.1 Å². The van der Waals surface area contributed by atoms with Gasteiger partial charge < -0.3 is 14.1 Å². The van der Waals surface area contributed by atoms with E-state index in [1.54, 1.807) is 24.0 Å². The van der Waals surface area contributed by atoms with Gasteiger partial charge in [0.15, 0.2) is 0 Å². The second-order valence-electron chi connectivity index (χ2n) is 6.40. The number of nitrogens with zero attached hydrogens (tertiary/aromatic N) is 3. The van der Waals surface area contributed by atoms with Gasteiger partial charge in [-0.2, -0.15) is 18.3 Å². The molecule has 0 saturated carbocycles. The first-order chi connectivity index (χ1) is 13.8. The van der Waals surface area contributed by atoms with Crippen molar-refractivity contribution in [3.05, 3.63) is 71.4 Å². The number of benzene rings is 1. The average molecular weight is 407 g/mol. The first kappa shape index (κ1) is 20.7. The van der Waals surface area contributed by atoms with Crippen molar-refractivity contribution >= 4 is 5.91 Å². The van der Waals surface area contributed by atoms with Crippen LogP contribution in [0.15, 0.2) is 53.3 Å². The molecular formula is C20H20F3N3O3. The lowest BCUT2D eigenvalue weighted by molar-refractivity contribution is -0.137. The Bertz CT molecular complexity index is 965. The molecule has 6 nitrogen and oxygen atoms in total. The zero-order chi connectivity index (χ0) is 21.0. The van der Waals surface area contributed by atoms with Crippen LogP contribution in [0.2, 0.25) is 0 Å². The van der Waals surface area contributed by atoms with Crippen LogP contribution in [0.3, 0.4) is 0 Å². The first-order valence-electron chi connectivity index (χ1n) is 8.84. The van der Waals surface area contributed by atoms with Gasteiger partial charge in [0.2, 0.25) is 0 Å². The van der Waals surface area contributed by atoms with E-state index in [1.807, 2.05) is 0 Å². The lowest BCUT2D eigenvalue weighted by Gasteiger charge is -2.21. The Labute approximate surface area is 165 Å². The lowest BCUT2D eigenvalue weighted by Crippen LogP contribution is -2.33. The Morgan fingerprint density at radius 2 is 2.07 bits per heavy atom. The second kappa shape index (κ2) is 8.52. The zero-order valence-corrected chi connectivity index (χ0v) is 15.9. The minimum Gasteiger partial charge on any atom is -0.467 e. The summed E-state index contributed by atoms with van der Waals surface area (Å²) in [7, 11) is 1.53. The number of carbonyl (C=O) groups is 1. The Balaban J connectivity index is 1.89. The van der Waals surface area contributed by atoms with E-state index in [0.717, 1.165) is 12.1 Å². The van der Waals surface area contributed by atoms with Crippen LogP contribution in [0.5, 0.6) is 0 Å². The fourth-order valence-electron chi connectivity index (χ4n) is 2.91. The number of furan rings is 1. The predicted octanol–water partition coefficient (Wildman–Crippen LogP) is 4.08. The highest BCUT2D eigenvalue weighted by Gasteiger charge is 2.31. The summed E-state index contributed by atoms with van der Waals surface area (Å²) in [6, 6.07) is 8.29. The highest BCUT2D eigenvalue weighted by atomic mass is 19.4. The fraction of sp³-hybridized carbons (Fsp3) is 0.300. The third-order valence-corrected chi connectivity index (χ3v) is 4.44. The van der Waals surface area contributed by atoms with E-state index in [0.29, 0.717) is 30.2 Å². The molecule has 0 fully saturated rings. The molecular weight excluding hydrogens is 387 g/mol. The number of ether oxygens (including phenoxy) is 1. The summed E-state index contributed by atoms with van der Waals surface area (Å²) in [6.07, 6.45) is -1.58. The fourth-order valence-corrected chi connectivity index (χ4v) is 2.91. The molecule has 0 spiro atoms. The molecule has 3 rings (SSSR count). The van der Waals surface area contributed by atoms with Gasteiger partial charge in [0.05, 0.1) is 48.1 Å². The van der Waals surface area contributed by atoms with Crippen molar-refractivity contribution in [1.29, 1.82) is 0 Å². The van der Waals surface area contributed by atoms with Crippen LogP contribution >= 0.6 is 0 Å². The molecule has 29 heavy (non-hydrogen) atoms. The smallest absolute Gasteiger partial charge is 0.416 e. The van der Waals surface area contributed by atoms with Gasteiger partial charge in [-0.15, -0.1) is 0 Å². The number of aromatic nitrogens is 2. The maximum absolute atomic E-state index is 13.1. The normalized spacial score (nSPS) is 11.6. The second-order valence-corrected chi connectivity index (χ2v) is 6.40. The van der Waals surface area contributed by atoms with Crippen LogP contribution in [-0.2, 0) is 17.5 Å². The molecule has 1 amide bonds. The van der Waals surface area contributed by atoms with Crippen molar-refractivity contribution in [3.63, 3.8) is 0 Å². The van der Waals surface area contributed by atoms with Gasteiger partial charge in [0, 0.05) is 13.7 Å². The van der Waals surface area contributed by atoms with Crippen molar-refractivity contribution in [1.82, 2.24) is 14.7 Å². The van der Waals surface area contributed by atoms with E-state index < -0.39 is 11.7 Å². The molecule has 2 heterocycles. The van der Waals surface area contributed by atoms with Gasteiger partial charge in [-0.3, -0.25) is 4.79 Å². The van der Waals surface area contributed by atoms with E-state index in [-0.39, 0.29) is 18.1 Å². The molecule has 3 aromatic rings. The maximum Gasteiger partial charge on any atom is 0.416 e. The van der Waals surface area contributed by atoms with Gasteiger partial charge in [-0.25, -0.2) is 4.68 Å². The number of hydrogen-bond acceptors (Lipinski definition) is 4. The van der Waals surface area contributed by atoms with Crippen LogP contribution in [0, 0.1) is 6.92 Å². The largest absolute Gasteiger partial charge is 0.467 e. The van der Waals surface area contributed by atoms with Gasteiger partial charge in [0.1, 0.15) is 5.76 Å². The van der Waals surface area contributed by atoms with E-state index in [4.69, 9.17) is 9.15 Å². The molecule has 0 radical (unpaired) electrons. The van der Waals surface area contributed by atoms with Crippen molar-refractivity contribution in [2.24, 2.45) is 0 Å². The van der Waals surface area contributed by atoms with Crippen LogP contribution in [-0.4, -0.2) is 40.8 Å². The quantitative estimate of drug-likeness (QED) is 0.592. The predicted molar refractivity (Wildman–Crippen MR) is 98.6 cm³/mol. The molecule has 0 saturated heterocycles. The van der Waals surface area contributed by atoms with Crippen molar-refractivity contribution in [3.8, 4) is 5.69 Å². The summed E-state index contributed by atoms with van der Waals surface area (Å²) < 4.78 is 50.7. The van der Waals surface area contributed by atoms with Gasteiger partial charge >= 0.3 is 6.18 Å². The molecule has 0 unspecified atom stereocenters. The summed E-state index contributed by atoms with van der Waals surface area (Å²) in [5.74, 6) is 0.298. The van der Waals surface area contributed by atoms with E-state index >= 15 is 0 Å². The third kappa shape index (κ3) is 4.68. The Morgan fingerprint density at radius 1 is 1.28 bits per heavy atom. The maximum atomic E-state index is 13.1. The van der Waals surface area contributed by atoms with Gasteiger partial charge in [-0.1, -0.05) is 6.07 Å². The highest BCUT2D eigenvalue weighted by molar-refractivity contribution is 5.95. The van der Waals surface area contributed by atoms with Crippen LogP contribution < -0.4 is 0 Å². The molecule has 0 aliphatic carbocycles. The molecule has 1 aromatic carbocycles. The van der Waals surface area contributed by atoms with Gasteiger partial charge in [0.25, 0.3) is 5.91 Å². The van der Waals surface area contributed by atoms with E-state index in [9.17, 15) is 18.0 Å². The summed E-state index contributed by atoms with van der Waals surface area (Å²) in [5.41, 5.74) is 0.185. The minimum absolute atomic E-state index is 0.228. The van der Waals surface area contributed by atoms with E-state index in [2.05, 4.69) is 5.10 Å². The first-order valence-corrected chi connectivity index (χ1v) is 8.84. The topological polar surface area (TPSA) is 60.5 Å². The number of alkyl halides is 3. The molecule has 0 atom stereocenters. The Kier molecular flexibility index (Phi) is 6.07. The molecule has 0 N–H and O–H groups in total. The van der Waals surface area contributed by atoms with Crippen molar-refractivity contribution in [2.75, 3.05) is 20.3 Å². The summed E-state index contributed by atoms with van der Waals surface area (Å²) in [6.45, 7) is 2.53. The highest BCUT2D eigenvalue weighted by Crippen LogP contribution is 2.30. The number of rotatable bonds is 7. The third-order valence-electron chi connectivity index (χ3n) is 4.44. The summed E-state index contributed by atoms with van der Waals surface area (Å²) in [4.78, 5) is 14.6. The minimum atomic E-state index is -4.46. The molecule has 0 aliphatic rings. The Hall–Kier alpha value is -3.07. The molecule has 9 heteroatoms. The number of hydrogen-bond donors (Lipinski definition) is 0. The monoisotopic (exact) mass is 407 g/mol. The number of methoxy groups -OCH3 is 1. The standard InChI is InChI=1S/C20H20F3N3O3/c1-14-18(19(27)25(8-10-28-2)13-17-7-4-9-29-17)12-24-26(14)16-6-3-5-15(11-16)20(21,22)23/h3-7,9,11-12H,8,10,13H2,1-2H3. The molecule has 0 aliphatic heterocycles. The number of carbonyl (C=O) groups excluding carboxylic acids is 1. The van der Waals surface area contributed by atoms with Gasteiger partial charge in [-0.05, 0) is 37.3 Å². The van der Waals surface area contributed by atoms with Crippen LogP contribution in [0.1, 0.15) is 27.4 Å². The summed E-state index contributed by atoms with van der Waals surface area (Å²) >= 11 is 0. The van der Waals surface area contributed by atoms with Crippen LogP contribution in [0.4, 0.5) is 13.2 Å². The van der Waals surface area contributed by atoms with Crippen molar-refractivity contribution in [2.45, 2.75) is 19.6 Å². The van der Waals surface area contributed by atoms with E-state index in [1.165, 1.54) is 36.4 Å². The molecule has 0 bridgehead atoms. The Morgan fingerprint density at radius 3 is 2.72 bits per heavy atom. The molecule has 154 valence electrons. The lowest BCUT2D eigenvalue weighted by atomic mass is 10.2. The number of amides is 1. The number of halogens is 3. The molecule has 2 aromatic heterocycles.